The lowest BCUT2D eigenvalue weighted by molar-refractivity contribution is 0.0950. The molecule has 7 heteroatoms. The summed E-state index contributed by atoms with van der Waals surface area (Å²) >= 11 is 6.12. The molecule has 4 rings (SSSR count). The predicted octanol–water partition coefficient (Wildman–Crippen LogP) is 4.97. The Hall–Kier alpha value is -3.51. The number of carbonyl (C=O) groups excluding carboxylic acids is 2. The highest BCUT2D eigenvalue weighted by atomic mass is 35.5. The van der Waals surface area contributed by atoms with E-state index >= 15 is 0 Å². The van der Waals surface area contributed by atoms with Crippen LogP contribution in [0.25, 0.3) is 10.9 Å². The summed E-state index contributed by atoms with van der Waals surface area (Å²) < 4.78 is 2.07. The third kappa shape index (κ3) is 4.64. The summed E-state index contributed by atoms with van der Waals surface area (Å²) in [6.45, 7) is 0.956. The lowest BCUT2D eigenvalue weighted by atomic mass is 10.1. The van der Waals surface area contributed by atoms with Crippen molar-refractivity contribution in [1.82, 2.24) is 9.88 Å². The Balaban J connectivity index is 1.51. The molecule has 0 saturated carbocycles. The molecule has 156 valence electrons. The van der Waals surface area contributed by atoms with E-state index < -0.39 is 5.91 Å². The van der Waals surface area contributed by atoms with E-state index in [0.717, 1.165) is 28.5 Å². The van der Waals surface area contributed by atoms with E-state index in [1.165, 1.54) is 12.1 Å². The zero-order chi connectivity index (χ0) is 21.8. The highest BCUT2D eigenvalue weighted by Gasteiger charge is 2.15. The molecule has 1 atom stereocenters. The summed E-state index contributed by atoms with van der Waals surface area (Å²) in [5.41, 5.74) is 3.66. The first-order chi connectivity index (χ1) is 15.0. The highest BCUT2D eigenvalue weighted by molar-refractivity contribution is 6.22. The van der Waals surface area contributed by atoms with Crippen LogP contribution in [-0.2, 0) is 13.1 Å². The minimum atomic E-state index is -0.812. The van der Waals surface area contributed by atoms with Crippen LogP contribution in [0.5, 0.6) is 0 Å². The Bertz CT molecular complexity index is 1210. The number of hydrogen-bond donors (Lipinski definition) is 1. The summed E-state index contributed by atoms with van der Waals surface area (Å²) in [7, 11) is 0. The number of fused-ring (bicyclic) bond motifs is 1. The molecule has 1 heterocycles. The van der Waals surface area contributed by atoms with Crippen molar-refractivity contribution in [1.29, 1.82) is 0 Å². The lowest BCUT2D eigenvalue weighted by Gasteiger charge is -2.14. The van der Waals surface area contributed by atoms with Crippen molar-refractivity contribution in [2.75, 3.05) is 0 Å². The maximum Gasteiger partial charge on any atom is 0.316 e. The van der Waals surface area contributed by atoms with Gasteiger partial charge in [-0.3, -0.25) is 9.59 Å². The number of halogens is 1. The number of allylic oxidation sites excluding steroid dienone is 4. The fourth-order valence-electron chi connectivity index (χ4n) is 3.62. The fourth-order valence-corrected chi connectivity index (χ4v) is 3.79. The van der Waals surface area contributed by atoms with Crippen LogP contribution >= 0.6 is 11.6 Å². The van der Waals surface area contributed by atoms with Crippen molar-refractivity contribution < 1.29 is 9.59 Å². The van der Waals surface area contributed by atoms with Gasteiger partial charge in [-0.15, -0.1) is 16.5 Å². The number of rotatable bonds is 6. The van der Waals surface area contributed by atoms with Crippen molar-refractivity contribution >= 4 is 34.3 Å². The van der Waals surface area contributed by atoms with Gasteiger partial charge in [-0.25, -0.2) is 0 Å². The monoisotopic (exact) mass is 433 g/mol. The van der Waals surface area contributed by atoms with Gasteiger partial charge in [0.15, 0.2) is 0 Å². The number of carbonyl (C=O) groups is 2. The summed E-state index contributed by atoms with van der Waals surface area (Å²) in [5.74, 6) is -0.998. The third-order valence-corrected chi connectivity index (χ3v) is 5.57. The molecule has 2 amide bonds. The summed E-state index contributed by atoms with van der Waals surface area (Å²) in [6.07, 6.45) is 8.93. The van der Waals surface area contributed by atoms with Crippen molar-refractivity contribution in [2.24, 2.45) is 5.18 Å². The molecular formula is C24H20ClN3O3. The smallest absolute Gasteiger partial charge is 0.316 e. The van der Waals surface area contributed by atoms with Crippen LogP contribution in [0, 0.1) is 4.91 Å². The topological polar surface area (TPSA) is 80.5 Å². The number of para-hydroxylation sites is 1. The molecule has 1 aliphatic rings. The molecule has 1 N–H and O–H groups in total. The normalized spacial score (nSPS) is 15.5. The van der Waals surface area contributed by atoms with Gasteiger partial charge in [0.1, 0.15) is 0 Å². The van der Waals surface area contributed by atoms with Crippen LogP contribution < -0.4 is 5.32 Å². The molecule has 1 unspecified atom stereocenters. The van der Waals surface area contributed by atoms with Gasteiger partial charge < -0.3 is 9.88 Å². The minimum absolute atomic E-state index is 0.0355. The number of nitrogens with zero attached hydrogens (tertiary/aromatic N) is 2. The van der Waals surface area contributed by atoms with Gasteiger partial charge in [0.25, 0.3) is 5.91 Å². The zero-order valence-electron chi connectivity index (χ0n) is 16.6. The quantitative estimate of drug-likeness (QED) is 0.440. The van der Waals surface area contributed by atoms with Crippen molar-refractivity contribution in [3.05, 3.63) is 100 Å². The number of nitroso groups, excluding NO2 is 1. The maximum absolute atomic E-state index is 13.0. The summed E-state index contributed by atoms with van der Waals surface area (Å²) in [4.78, 5) is 34.6. The van der Waals surface area contributed by atoms with Crippen LogP contribution in [0.2, 0.25) is 0 Å². The van der Waals surface area contributed by atoms with Gasteiger partial charge >= 0.3 is 5.91 Å². The molecule has 3 aromatic rings. The van der Waals surface area contributed by atoms with Crippen LogP contribution in [-0.4, -0.2) is 21.8 Å². The summed E-state index contributed by atoms with van der Waals surface area (Å²) in [5, 5.41) is 6.36. The van der Waals surface area contributed by atoms with E-state index in [9.17, 15) is 14.5 Å². The molecule has 0 saturated heterocycles. The lowest BCUT2D eigenvalue weighted by Crippen LogP contribution is -2.23. The second-order valence-electron chi connectivity index (χ2n) is 7.35. The van der Waals surface area contributed by atoms with Gasteiger partial charge in [-0.2, -0.15) is 0 Å². The van der Waals surface area contributed by atoms with Crippen LogP contribution in [0.3, 0.4) is 0 Å². The van der Waals surface area contributed by atoms with Gasteiger partial charge in [-0.05, 0) is 41.8 Å². The Morgan fingerprint density at radius 1 is 1.13 bits per heavy atom. The Morgan fingerprint density at radius 3 is 2.65 bits per heavy atom. The Morgan fingerprint density at radius 2 is 1.94 bits per heavy atom. The van der Waals surface area contributed by atoms with Crippen LogP contribution in [0.1, 0.15) is 32.7 Å². The SMILES string of the molecule is O=NC(=O)c1ccc(CNC(=O)c2cccc3ccn(CC4=CCC(Cl)C=C4)c23)cc1. The molecule has 0 radical (unpaired) electrons. The molecule has 0 aliphatic heterocycles. The fraction of sp³-hybridized carbons (Fsp3) is 0.167. The van der Waals surface area contributed by atoms with E-state index in [0.29, 0.717) is 18.7 Å². The molecule has 6 nitrogen and oxygen atoms in total. The van der Waals surface area contributed by atoms with Crippen molar-refractivity contribution in [3.8, 4) is 0 Å². The number of aromatic nitrogens is 1. The van der Waals surface area contributed by atoms with Crippen LogP contribution in [0.4, 0.5) is 0 Å². The van der Waals surface area contributed by atoms with E-state index in [4.69, 9.17) is 11.6 Å². The molecule has 1 aromatic heterocycles. The Labute approximate surface area is 184 Å². The molecular weight excluding hydrogens is 414 g/mol. The van der Waals surface area contributed by atoms with Crippen LogP contribution in [0.15, 0.2) is 83.7 Å². The Kier molecular flexibility index (Phi) is 6.09. The predicted molar refractivity (Wildman–Crippen MR) is 121 cm³/mol. The largest absolute Gasteiger partial charge is 0.348 e. The van der Waals surface area contributed by atoms with Gasteiger partial charge in [0.05, 0.1) is 16.5 Å². The van der Waals surface area contributed by atoms with Gasteiger partial charge in [0.2, 0.25) is 0 Å². The molecule has 1 aliphatic carbocycles. The molecule has 0 spiro atoms. The van der Waals surface area contributed by atoms with E-state index in [1.807, 2.05) is 42.6 Å². The molecule has 0 fully saturated rings. The molecule has 31 heavy (non-hydrogen) atoms. The van der Waals surface area contributed by atoms with E-state index in [1.54, 1.807) is 12.1 Å². The first-order valence-corrected chi connectivity index (χ1v) is 10.3. The number of alkyl halides is 1. The number of benzene rings is 2. The van der Waals surface area contributed by atoms with Gasteiger partial charge in [-0.1, -0.05) is 42.5 Å². The standard InChI is InChI=1S/C24H20ClN3O3/c25-20-10-6-17(7-11-20)15-28-13-12-18-2-1-3-21(22(18)28)24(30)26-14-16-4-8-19(9-5-16)23(29)27-31/h1-10,12-13,20H,11,14-15H2,(H,26,30). The molecule has 2 aromatic carbocycles. The number of nitrogens with one attached hydrogen (secondary N) is 1. The second kappa shape index (κ2) is 9.10. The van der Waals surface area contributed by atoms with Crippen molar-refractivity contribution in [2.45, 2.75) is 24.9 Å². The minimum Gasteiger partial charge on any atom is -0.348 e. The summed E-state index contributed by atoms with van der Waals surface area (Å²) in [6, 6.07) is 14.1. The first kappa shape index (κ1) is 20.8. The number of hydrogen-bond acceptors (Lipinski definition) is 3. The highest BCUT2D eigenvalue weighted by Crippen LogP contribution is 2.24. The molecule has 0 bridgehead atoms. The van der Waals surface area contributed by atoms with Crippen molar-refractivity contribution in [3.63, 3.8) is 0 Å². The average molecular weight is 434 g/mol. The van der Waals surface area contributed by atoms with E-state index in [-0.39, 0.29) is 16.8 Å². The first-order valence-electron chi connectivity index (χ1n) is 9.89. The zero-order valence-corrected chi connectivity index (χ0v) is 17.4. The average Bonchev–Trinajstić information content (AvgIpc) is 3.21. The second-order valence-corrected chi connectivity index (χ2v) is 7.91. The third-order valence-electron chi connectivity index (χ3n) is 5.25. The van der Waals surface area contributed by atoms with Gasteiger partial charge in [0, 0.05) is 35.4 Å². The number of amides is 2. The van der Waals surface area contributed by atoms with E-state index in [2.05, 4.69) is 21.1 Å². The maximum atomic E-state index is 13.0.